The molecule has 0 aliphatic carbocycles. The van der Waals surface area contributed by atoms with Gasteiger partial charge in [-0.2, -0.15) is 0 Å². The fourth-order valence-electron chi connectivity index (χ4n) is 1.42. The van der Waals surface area contributed by atoms with E-state index in [1.165, 1.54) is 6.42 Å². The first-order chi connectivity index (χ1) is 4.34. The third kappa shape index (κ3) is 1.66. The first-order valence-corrected chi connectivity index (χ1v) is 3.69. The van der Waals surface area contributed by atoms with Crippen molar-refractivity contribution < 1.29 is 5.11 Å². The second-order valence-corrected chi connectivity index (χ2v) is 2.84. The Kier molecular flexibility index (Phi) is 2.49. The molecule has 0 aromatic rings. The predicted molar refractivity (Wildman–Crippen MR) is 37.3 cm³/mol. The Morgan fingerprint density at radius 1 is 1.67 bits per heavy atom. The Bertz CT molecular complexity index is 85.0. The summed E-state index contributed by atoms with van der Waals surface area (Å²) in [6.07, 6.45) is 2.19. The van der Waals surface area contributed by atoms with E-state index in [0.717, 1.165) is 18.9 Å². The standard InChI is InChI=1S/C7H15NO/c1-6-2-4-8-7(6)3-5-9/h6-9H,2-5H2,1H3. The average Bonchev–Trinajstić information content (AvgIpc) is 2.18. The van der Waals surface area contributed by atoms with Crippen molar-refractivity contribution in [3.05, 3.63) is 0 Å². The highest BCUT2D eigenvalue weighted by Crippen LogP contribution is 2.16. The highest BCUT2D eigenvalue weighted by Gasteiger charge is 2.21. The smallest absolute Gasteiger partial charge is 0.0445 e. The first kappa shape index (κ1) is 7.03. The molecule has 1 saturated heterocycles. The fourth-order valence-corrected chi connectivity index (χ4v) is 1.42. The fraction of sp³-hybridized carbons (Fsp3) is 1.00. The summed E-state index contributed by atoms with van der Waals surface area (Å²) in [4.78, 5) is 0. The van der Waals surface area contributed by atoms with E-state index >= 15 is 0 Å². The van der Waals surface area contributed by atoms with E-state index < -0.39 is 0 Å². The molecule has 9 heavy (non-hydrogen) atoms. The molecular formula is C7H15NO. The van der Waals surface area contributed by atoms with Gasteiger partial charge in [0.15, 0.2) is 0 Å². The van der Waals surface area contributed by atoms with Crippen molar-refractivity contribution in [2.45, 2.75) is 25.8 Å². The van der Waals surface area contributed by atoms with Crippen molar-refractivity contribution in [1.82, 2.24) is 5.32 Å². The maximum atomic E-state index is 8.60. The van der Waals surface area contributed by atoms with Crippen LogP contribution in [0.4, 0.5) is 0 Å². The van der Waals surface area contributed by atoms with Crippen molar-refractivity contribution >= 4 is 0 Å². The Morgan fingerprint density at radius 2 is 2.44 bits per heavy atom. The van der Waals surface area contributed by atoms with Crippen LogP contribution in [0.3, 0.4) is 0 Å². The van der Waals surface area contributed by atoms with Gasteiger partial charge in [0.05, 0.1) is 0 Å². The Balaban J connectivity index is 2.22. The number of aliphatic hydroxyl groups is 1. The van der Waals surface area contributed by atoms with E-state index in [1.807, 2.05) is 0 Å². The van der Waals surface area contributed by atoms with E-state index in [0.29, 0.717) is 12.6 Å². The van der Waals surface area contributed by atoms with Gasteiger partial charge in [0.1, 0.15) is 0 Å². The molecular weight excluding hydrogens is 114 g/mol. The van der Waals surface area contributed by atoms with Gasteiger partial charge in [-0.05, 0) is 25.3 Å². The zero-order chi connectivity index (χ0) is 6.69. The van der Waals surface area contributed by atoms with Gasteiger partial charge in [-0.25, -0.2) is 0 Å². The van der Waals surface area contributed by atoms with Gasteiger partial charge in [-0.1, -0.05) is 6.92 Å². The molecule has 0 saturated carbocycles. The number of rotatable bonds is 2. The van der Waals surface area contributed by atoms with Crippen molar-refractivity contribution in [1.29, 1.82) is 0 Å². The molecule has 0 bridgehead atoms. The van der Waals surface area contributed by atoms with Crippen molar-refractivity contribution in [3.8, 4) is 0 Å². The van der Waals surface area contributed by atoms with Crippen molar-refractivity contribution in [3.63, 3.8) is 0 Å². The summed E-state index contributed by atoms with van der Waals surface area (Å²) in [6.45, 7) is 3.69. The minimum atomic E-state index is 0.321. The van der Waals surface area contributed by atoms with Crippen LogP contribution >= 0.6 is 0 Å². The molecule has 0 spiro atoms. The minimum Gasteiger partial charge on any atom is -0.396 e. The first-order valence-electron chi connectivity index (χ1n) is 3.69. The van der Waals surface area contributed by atoms with Gasteiger partial charge in [0.25, 0.3) is 0 Å². The Morgan fingerprint density at radius 3 is 2.89 bits per heavy atom. The molecule has 2 unspecified atom stereocenters. The SMILES string of the molecule is CC1CCNC1CCO. The molecule has 1 fully saturated rings. The molecule has 1 heterocycles. The summed E-state index contributed by atoms with van der Waals surface area (Å²) in [5.41, 5.74) is 0. The van der Waals surface area contributed by atoms with Crippen LogP contribution in [-0.2, 0) is 0 Å². The highest BCUT2D eigenvalue weighted by molar-refractivity contribution is 4.79. The number of nitrogens with one attached hydrogen (secondary N) is 1. The van der Waals surface area contributed by atoms with E-state index in [1.54, 1.807) is 0 Å². The number of aliphatic hydroxyl groups excluding tert-OH is 1. The van der Waals surface area contributed by atoms with Gasteiger partial charge in [-0.3, -0.25) is 0 Å². The van der Waals surface area contributed by atoms with Crippen LogP contribution in [0.15, 0.2) is 0 Å². The van der Waals surface area contributed by atoms with E-state index in [4.69, 9.17) is 5.11 Å². The quantitative estimate of drug-likeness (QED) is 0.564. The van der Waals surface area contributed by atoms with Crippen molar-refractivity contribution in [2.24, 2.45) is 5.92 Å². The maximum Gasteiger partial charge on any atom is 0.0445 e. The summed E-state index contributed by atoms with van der Waals surface area (Å²) in [7, 11) is 0. The van der Waals surface area contributed by atoms with Crippen LogP contribution in [0.1, 0.15) is 19.8 Å². The molecule has 2 nitrogen and oxygen atoms in total. The summed E-state index contributed by atoms with van der Waals surface area (Å²) >= 11 is 0. The summed E-state index contributed by atoms with van der Waals surface area (Å²) < 4.78 is 0. The van der Waals surface area contributed by atoms with Crippen LogP contribution in [-0.4, -0.2) is 24.3 Å². The molecule has 2 atom stereocenters. The molecule has 2 N–H and O–H groups in total. The third-order valence-electron chi connectivity index (χ3n) is 2.13. The zero-order valence-electron chi connectivity index (χ0n) is 5.93. The minimum absolute atomic E-state index is 0.321. The molecule has 0 aromatic heterocycles. The molecule has 0 amide bonds. The molecule has 1 aliphatic rings. The Labute approximate surface area is 56.3 Å². The lowest BCUT2D eigenvalue weighted by molar-refractivity contribution is 0.259. The van der Waals surface area contributed by atoms with Gasteiger partial charge in [0.2, 0.25) is 0 Å². The molecule has 0 aromatic carbocycles. The molecule has 1 aliphatic heterocycles. The van der Waals surface area contributed by atoms with E-state index in [-0.39, 0.29) is 0 Å². The van der Waals surface area contributed by atoms with Crippen LogP contribution < -0.4 is 5.32 Å². The van der Waals surface area contributed by atoms with E-state index in [2.05, 4.69) is 12.2 Å². The van der Waals surface area contributed by atoms with E-state index in [9.17, 15) is 0 Å². The molecule has 1 rings (SSSR count). The van der Waals surface area contributed by atoms with Gasteiger partial charge < -0.3 is 10.4 Å². The zero-order valence-corrected chi connectivity index (χ0v) is 5.93. The predicted octanol–water partition coefficient (Wildman–Crippen LogP) is 0.367. The monoisotopic (exact) mass is 129 g/mol. The highest BCUT2D eigenvalue weighted by atomic mass is 16.3. The van der Waals surface area contributed by atoms with Gasteiger partial charge in [0, 0.05) is 12.6 Å². The van der Waals surface area contributed by atoms with Crippen LogP contribution in [0.25, 0.3) is 0 Å². The summed E-state index contributed by atoms with van der Waals surface area (Å²) in [5.74, 6) is 0.761. The number of hydrogen-bond donors (Lipinski definition) is 2. The molecule has 2 heteroatoms. The lowest BCUT2D eigenvalue weighted by atomic mass is 10.0. The number of hydrogen-bond acceptors (Lipinski definition) is 2. The van der Waals surface area contributed by atoms with Crippen LogP contribution in [0.2, 0.25) is 0 Å². The second kappa shape index (κ2) is 3.18. The van der Waals surface area contributed by atoms with Gasteiger partial charge >= 0.3 is 0 Å². The van der Waals surface area contributed by atoms with Crippen LogP contribution in [0, 0.1) is 5.92 Å². The normalized spacial score (nSPS) is 35.3. The molecule has 54 valence electrons. The van der Waals surface area contributed by atoms with Crippen molar-refractivity contribution in [2.75, 3.05) is 13.2 Å². The maximum absolute atomic E-state index is 8.60. The topological polar surface area (TPSA) is 32.3 Å². The molecule has 0 radical (unpaired) electrons. The van der Waals surface area contributed by atoms with Gasteiger partial charge in [-0.15, -0.1) is 0 Å². The lowest BCUT2D eigenvalue weighted by Crippen LogP contribution is -2.26. The average molecular weight is 129 g/mol. The second-order valence-electron chi connectivity index (χ2n) is 2.84. The third-order valence-corrected chi connectivity index (χ3v) is 2.13. The van der Waals surface area contributed by atoms with Crippen LogP contribution in [0.5, 0.6) is 0 Å². The Hall–Kier alpha value is -0.0800. The lowest BCUT2D eigenvalue weighted by Gasteiger charge is -2.12. The largest absolute Gasteiger partial charge is 0.396 e. The summed E-state index contributed by atoms with van der Waals surface area (Å²) in [6, 6.07) is 0.579. The summed E-state index contributed by atoms with van der Waals surface area (Å²) in [5, 5.41) is 12.0.